The van der Waals surface area contributed by atoms with E-state index in [0.29, 0.717) is 12.0 Å². The van der Waals surface area contributed by atoms with Crippen LogP contribution >= 0.6 is 15.9 Å². The first-order valence-electron chi connectivity index (χ1n) is 9.53. The molecule has 0 fully saturated rings. The molecule has 2 rings (SSSR count). The van der Waals surface area contributed by atoms with Crippen molar-refractivity contribution < 1.29 is 4.79 Å². The molecule has 1 amide bonds. The maximum atomic E-state index is 13.0. The second-order valence-corrected chi connectivity index (χ2v) is 8.48. The number of carbonyl (C=O) groups excluding carboxylic acids is 1. The maximum absolute atomic E-state index is 13.0. The number of carbonyl (C=O) groups is 1. The van der Waals surface area contributed by atoms with Gasteiger partial charge in [0.15, 0.2) is 0 Å². The number of aryl methyl sites for hydroxylation is 2. The van der Waals surface area contributed by atoms with Crippen LogP contribution in [0, 0.1) is 0 Å². The molecule has 0 aromatic heterocycles. The van der Waals surface area contributed by atoms with Gasteiger partial charge in [-0.3, -0.25) is 4.79 Å². The molecule has 144 valence electrons. The minimum atomic E-state index is -0.348. The van der Waals surface area contributed by atoms with Crippen LogP contribution in [-0.2, 0) is 12.8 Å². The number of nitrogens with zero attached hydrogens (tertiary/aromatic N) is 1. The topological polar surface area (TPSA) is 20.3 Å². The number of benzene rings is 2. The Balaban J connectivity index is 2.20. The Hall–Kier alpha value is -1.87. The van der Waals surface area contributed by atoms with Gasteiger partial charge < -0.3 is 4.90 Å². The summed E-state index contributed by atoms with van der Waals surface area (Å²) in [5.41, 5.74) is 5.34. The van der Waals surface area contributed by atoms with E-state index in [4.69, 9.17) is 0 Å². The molecule has 0 heterocycles. The molecule has 0 atom stereocenters. The summed E-state index contributed by atoms with van der Waals surface area (Å²) in [4.78, 5) is 14.8. The minimum absolute atomic E-state index is 0.0100. The molecule has 0 N–H and O–H groups in total. The van der Waals surface area contributed by atoms with Crippen molar-refractivity contribution in [3.8, 4) is 0 Å². The van der Waals surface area contributed by atoms with Gasteiger partial charge in [-0.15, -0.1) is 0 Å². The summed E-state index contributed by atoms with van der Waals surface area (Å²) in [7, 11) is 1.87. The third kappa shape index (κ3) is 4.90. The van der Waals surface area contributed by atoms with Gasteiger partial charge in [-0.25, -0.2) is 0 Å². The van der Waals surface area contributed by atoms with Gasteiger partial charge in [-0.1, -0.05) is 50.8 Å². The molecule has 2 nitrogen and oxygen atoms in total. The van der Waals surface area contributed by atoms with Crippen molar-refractivity contribution in [2.24, 2.45) is 0 Å². The maximum Gasteiger partial charge on any atom is 0.255 e. The number of rotatable bonds is 7. The molecule has 0 aliphatic rings. The van der Waals surface area contributed by atoms with Crippen LogP contribution in [0.4, 0.5) is 0 Å². The molecule has 2 aromatic rings. The van der Waals surface area contributed by atoms with Crippen LogP contribution in [0.2, 0.25) is 0 Å². The van der Waals surface area contributed by atoms with Crippen molar-refractivity contribution in [3.05, 3.63) is 75.8 Å². The summed E-state index contributed by atoms with van der Waals surface area (Å²) >= 11 is 3.48. The fraction of sp³-hybridized carbons (Fsp3) is 0.375. The Morgan fingerprint density at radius 1 is 1.07 bits per heavy atom. The lowest BCUT2D eigenvalue weighted by molar-refractivity contribution is 0.0634. The highest BCUT2D eigenvalue weighted by molar-refractivity contribution is 9.10. The molecule has 0 bridgehead atoms. The fourth-order valence-corrected chi connectivity index (χ4v) is 3.81. The molecule has 0 saturated heterocycles. The molecule has 3 heteroatoms. The molecule has 0 unspecified atom stereocenters. The molecular formula is C24H30BrNO. The Bertz CT molecular complexity index is 838. The minimum Gasteiger partial charge on any atom is -0.336 e. The van der Waals surface area contributed by atoms with Crippen LogP contribution in [0.1, 0.15) is 61.2 Å². The third-order valence-corrected chi connectivity index (χ3v) is 6.03. The van der Waals surface area contributed by atoms with E-state index in [-0.39, 0.29) is 11.4 Å². The summed E-state index contributed by atoms with van der Waals surface area (Å²) in [6.45, 7) is 12.9. The van der Waals surface area contributed by atoms with Crippen molar-refractivity contribution in [1.82, 2.24) is 4.90 Å². The van der Waals surface area contributed by atoms with E-state index in [1.165, 1.54) is 16.7 Å². The van der Waals surface area contributed by atoms with E-state index in [1.54, 1.807) is 0 Å². The zero-order chi connectivity index (χ0) is 20.2. The lowest BCUT2D eigenvalue weighted by Crippen LogP contribution is -2.45. The van der Waals surface area contributed by atoms with Crippen LogP contribution in [-0.4, -0.2) is 23.4 Å². The molecule has 0 spiro atoms. The molecule has 27 heavy (non-hydrogen) atoms. The van der Waals surface area contributed by atoms with E-state index >= 15 is 0 Å². The summed E-state index contributed by atoms with van der Waals surface area (Å²) in [5, 5.41) is 0. The van der Waals surface area contributed by atoms with Crippen molar-refractivity contribution in [2.45, 2.75) is 52.5 Å². The molecular weight excluding hydrogens is 398 g/mol. The molecule has 0 aliphatic carbocycles. The first-order valence-corrected chi connectivity index (χ1v) is 10.3. The van der Waals surface area contributed by atoms with Crippen molar-refractivity contribution in [2.75, 3.05) is 7.05 Å². The van der Waals surface area contributed by atoms with Gasteiger partial charge in [-0.2, -0.15) is 0 Å². The van der Waals surface area contributed by atoms with E-state index in [1.807, 2.05) is 36.2 Å². The Morgan fingerprint density at radius 3 is 2.30 bits per heavy atom. The molecule has 0 aliphatic heterocycles. The summed E-state index contributed by atoms with van der Waals surface area (Å²) in [5.74, 6) is 0.0100. The van der Waals surface area contributed by atoms with Gasteiger partial charge >= 0.3 is 0 Å². The highest BCUT2D eigenvalue weighted by Crippen LogP contribution is 2.30. The predicted molar refractivity (Wildman–Crippen MR) is 119 cm³/mol. The Kier molecular flexibility index (Phi) is 7.05. The molecule has 2 aromatic carbocycles. The number of hydrogen-bond acceptors (Lipinski definition) is 1. The quantitative estimate of drug-likeness (QED) is 0.491. The van der Waals surface area contributed by atoms with Crippen LogP contribution in [0.25, 0.3) is 5.57 Å². The summed E-state index contributed by atoms with van der Waals surface area (Å²) in [6.07, 6.45) is 2.78. The van der Waals surface area contributed by atoms with E-state index in [2.05, 4.69) is 68.4 Å². The second kappa shape index (κ2) is 8.88. The third-order valence-electron chi connectivity index (χ3n) is 5.34. The lowest BCUT2D eigenvalue weighted by atomic mass is 9.88. The number of amides is 1. The van der Waals surface area contributed by atoms with Gasteiger partial charge in [0.2, 0.25) is 0 Å². The van der Waals surface area contributed by atoms with Crippen molar-refractivity contribution in [3.63, 3.8) is 0 Å². The number of halogens is 1. The molecule has 0 saturated carbocycles. The zero-order valence-corrected chi connectivity index (χ0v) is 18.7. The smallest absolute Gasteiger partial charge is 0.255 e. The van der Waals surface area contributed by atoms with Gasteiger partial charge in [0.05, 0.1) is 5.56 Å². The van der Waals surface area contributed by atoms with E-state index in [9.17, 15) is 4.79 Å². The first-order chi connectivity index (χ1) is 12.7. The summed E-state index contributed by atoms with van der Waals surface area (Å²) < 4.78 is 0.819. The average molecular weight is 428 g/mol. The van der Waals surface area contributed by atoms with Gasteiger partial charge in [-0.05, 0) is 83.4 Å². The average Bonchev–Trinajstić information content (AvgIpc) is 2.66. The normalized spacial score (nSPS) is 11.3. The molecule has 0 radical (unpaired) electrons. The van der Waals surface area contributed by atoms with Crippen LogP contribution in [0.3, 0.4) is 0 Å². The monoisotopic (exact) mass is 427 g/mol. The van der Waals surface area contributed by atoms with Gasteiger partial charge in [0.1, 0.15) is 0 Å². The van der Waals surface area contributed by atoms with Crippen LogP contribution < -0.4 is 0 Å². The Labute approximate surface area is 172 Å². The highest BCUT2D eigenvalue weighted by atomic mass is 79.9. The van der Waals surface area contributed by atoms with E-state index < -0.39 is 0 Å². The standard InChI is InChI=1S/C24H30BrNO/c1-7-18-13-14-20(15-19(18)8-2)17(3)16-24(4,5)26(6)23(27)21-11-9-10-12-22(21)25/h9-15H,3,7-8,16H2,1-2,4-6H3. The predicted octanol–water partition coefficient (Wildman–Crippen LogP) is 6.53. The van der Waals surface area contributed by atoms with Crippen molar-refractivity contribution >= 4 is 27.4 Å². The van der Waals surface area contributed by atoms with Crippen LogP contribution in [0.15, 0.2) is 53.5 Å². The van der Waals surface area contributed by atoms with Crippen LogP contribution in [0.5, 0.6) is 0 Å². The number of hydrogen-bond donors (Lipinski definition) is 0. The second-order valence-electron chi connectivity index (χ2n) is 7.63. The van der Waals surface area contributed by atoms with Gasteiger partial charge in [0.25, 0.3) is 5.91 Å². The fourth-order valence-electron chi connectivity index (χ4n) is 3.35. The SMILES string of the molecule is C=C(CC(C)(C)N(C)C(=O)c1ccccc1Br)c1ccc(CC)c(CC)c1. The van der Waals surface area contributed by atoms with Gasteiger partial charge in [0, 0.05) is 17.1 Å². The largest absolute Gasteiger partial charge is 0.336 e. The Morgan fingerprint density at radius 2 is 1.70 bits per heavy atom. The van der Waals surface area contributed by atoms with E-state index in [0.717, 1.165) is 22.9 Å². The zero-order valence-electron chi connectivity index (χ0n) is 17.1. The first kappa shape index (κ1) is 21.4. The van der Waals surface area contributed by atoms with Crippen molar-refractivity contribution in [1.29, 1.82) is 0 Å². The highest BCUT2D eigenvalue weighted by Gasteiger charge is 2.30. The lowest BCUT2D eigenvalue weighted by Gasteiger charge is -2.37. The summed E-state index contributed by atoms with van der Waals surface area (Å²) in [6, 6.07) is 14.2.